The van der Waals surface area contributed by atoms with Crippen LogP contribution in [0.2, 0.25) is 0 Å². The number of methoxy groups -OCH3 is 1. The van der Waals surface area contributed by atoms with Crippen molar-refractivity contribution >= 4 is 5.97 Å². The van der Waals surface area contributed by atoms with E-state index in [1.807, 2.05) is 24.3 Å². The van der Waals surface area contributed by atoms with E-state index in [-0.39, 0.29) is 13.2 Å². The highest BCUT2D eigenvalue weighted by atomic mass is 16.5. The van der Waals surface area contributed by atoms with Gasteiger partial charge in [0.2, 0.25) is 0 Å². The highest BCUT2D eigenvalue weighted by Gasteiger charge is 2.10. The van der Waals surface area contributed by atoms with Crippen LogP contribution in [0.15, 0.2) is 53.6 Å². The molecule has 0 N–H and O–H groups in total. The lowest BCUT2D eigenvalue weighted by Gasteiger charge is -2.15. The lowest BCUT2D eigenvalue weighted by molar-refractivity contribution is 0.0600. The summed E-state index contributed by atoms with van der Waals surface area (Å²) in [6, 6.07) is 14.0. The quantitative estimate of drug-likeness (QED) is 0.226. The third kappa shape index (κ3) is 8.03. The molecule has 1 unspecified atom stereocenters. The van der Waals surface area contributed by atoms with Crippen molar-refractivity contribution in [1.29, 1.82) is 0 Å². The summed E-state index contributed by atoms with van der Waals surface area (Å²) in [6.07, 6.45) is 2.12. The minimum Gasteiger partial charge on any atom is -0.493 e. The molecular weight excluding hydrogens is 384 g/mol. The minimum atomic E-state index is -0.491. The Balaban J connectivity index is 1.82. The Morgan fingerprint density at radius 2 is 1.60 bits per heavy atom. The van der Waals surface area contributed by atoms with Gasteiger partial charge in [-0.3, -0.25) is 0 Å². The van der Waals surface area contributed by atoms with Crippen LogP contribution in [-0.4, -0.2) is 57.9 Å². The third-order valence-corrected chi connectivity index (χ3v) is 4.37. The fraction of sp³-hybridized carbons (Fsp3) is 0.409. The predicted octanol–water partition coefficient (Wildman–Crippen LogP) is 4.10. The van der Waals surface area contributed by atoms with E-state index in [1.165, 1.54) is 12.7 Å². The van der Waals surface area contributed by atoms with E-state index in [9.17, 15) is 4.79 Å². The highest BCUT2D eigenvalue weighted by Crippen LogP contribution is 2.16. The molecule has 8 nitrogen and oxygen atoms in total. The number of benzene rings is 2. The average molecular weight is 412 g/mol. The third-order valence-electron chi connectivity index (χ3n) is 4.37. The Morgan fingerprint density at radius 3 is 2.10 bits per heavy atom. The van der Waals surface area contributed by atoms with Crippen molar-refractivity contribution in [1.82, 2.24) is 4.90 Å². The first-order valence-electron chi connectivity index (χ1n) is 9.73. The van der Waals surface area contributed by atoms with Gasteiger partial charge in [-0.1, -0.05) is 17.2 Å². The Labute approximate surface area is 177 Å². The molecule has 8 heteroatoms. The summed E-state index contributed by atoms with van der Waals surface area (Å²) < 4.78 is 16.1. The smallest absolute Gasteiger partial charge is 0.337 e. The summed E-state index contributed by atoms with van der Waals surface area (Å²) in [5.74, 6) is 0.862. The van der Waals surface area contributed by atoms with E-state index >= 15 is 0 Å². The second-order valence-electron chi connectivity index (χ2n) is 7.05. The maximum absolute atomic E-state index is 11.5. The maximum atomic E-state index is 11.5. The van der Waals surface area contributed by atoms with Crippen LogP contribution in [0.1, 0.15) is 22.3 Å². The van der Waals surface area contributed by atoms with Crippen LogP contribution in [-0.2, 0) is 11.2 Å². The number of aryl methyl sites for hydroxylation is 1. The molecule has 0 aromatic heterocycles. The maximum Gasteiger partial charge on any atom is 0.337 e. The fourth-order valence-corrected chi connectivity index (χ4v) is 2.73. The van der Waals surface area contributed by atoms with Gasteiger partial charge in [-0.05, 0) is 81.0 Å². The molecule has 0 aliphatic rings. The second-order valence-corrected chi connectivity index (χ2v) is 7.05. The Morgan fingerprint density at radius 1 is 1.03 bits per heavy atom. The van der Waals surface area contributed by atoms with Gasteiger partial charge in [-0.15, -0.1) is 0 Å². The van der Waals surface area contributed by atoms with E-state index in [4.69, 9.17) is 15.0 Å². The molecule has 2 rings (SSSR count). The van der Waals surface area contributed by atoms with Crippen molar-refractivity contribution in [3.8, 4) is 11.5 Å². The number of hydrogen-bond donors (Lipinski definition) is 0. The largest absolute Gasteiger partial charge is 0.493 e. The molecule has 2 aromatic carbocycles. The molecular formula is C22H28N4O4. The number of azide groups is 1. The SMILES string of the molecule is COC(=O)c1ccc(OCC(COc2ccc(CCCN(C)C)cc2)N=[N+]=[N-])cc1. The molecule has 1 atom stereocenters. The number of carbonyl (C=O) groups is 1. The van der Waals surface area contributed by atoms with Gasteiger partial charge in [-0.25, -0.2) is 4.79 Å². The van der Waals surface area contributed by atoms with Crippen molar-refractivity contribution in [2.75, 3.05) is 41.0 Å². The van der Waals surface area contributed by atoms with Gasteiger partial charge in [0.15, 0.2) is 0 Å². The molecule has 0 saturated carbocycles. The Bertz CT molecular complexity index is 831. The lowest BCUT2D eigenvalue weighted by Crippen LogP contribution is -2.23. The van der Waals surface area contributed by atoms with E-state index in [0.717, 1.165) is 19.4 Å². The standard InChI is InChI=1S/C22H28N4O4/c1-26(2)14-4-5-17-6-10-20(11-7-17)29-15-19(24-25-23)16-30-21-12-8-18(9-13-21)22(27)28-3/h6-13,19H,4-5,14-16H2,1-3H3. The van der Waals surface area contributed by atoms with Gasteiger partial charge in [0, 0.05) is 4.91 Å². The van der Waals surface area contributed by atoms with Gasteiger partial charge in [0.25, 0.3) is 0 Å². The molecule has 0 saturated heterocycles. The molecule has 0 amide bonds. The molecule has 0 bridgehead atoms. The van der Waals surface area contributed by atoms with E-state index < -0.39 is 12.0 Å². The highest BCUT2D eigenvalue weighted by molar-refractivity contribution is 5.89. The normalized spacial score (nSPS) is 11.5. The number of nitrogens with zero attached hydrogens (tertiary/aromatic N) is 4. The monoisotopic (exact) mass is 412 g/mol. The van der Waals surface area contributed by atoms with Crippen LogP contribution in [0, 0.1) is 0 Å². The summed E-state index contributed by atoms with van der Waals surface area (Å²) in [5, 5.41) is 3.74. The Hall–Kier alpha value is -3.22. The van der Waals surface area contributed by atoms with Gasteiger partial charge in [0.05, 0.1) is 25.9 Å². The second kappa shape index (κ2) is 12.4. The summed E-state index contributed by atoms with van der Waals surface area (Å²) in [6.45, 7) is 1.41. The number of carbonyl (C=O) groups excluding carboxylic acids is 1. The number of hydrogen-bond acceptors (Lipinski definition) is 6. The van der Waals surface area contributed by atoms with Crippen molar-refractivity contribution < 1.29 is 19.0 Å². The van der Waals surface area contributed by atoms with Crippen LogP contribution in [0.4, 0.5) is 0 Å². The summed E-state index contributed by atoms with van der Waals surface area (Å²) in [5.41, 5.74) is 10.5. The van der Waals surface area contributed by atoms with Crippen LogP contribution < -0.4 is 9.47 Å². The van der Waals surface area contributed by atoms with E-state index in [0.29, 0.717) is 17.1 Å². The van der Waals surface area contributed by atoms with E-state index in [1.54, 1.807) is 24.3 Å². The predicted molar refractivity (Wildman–Crippen MR) is 115 cm³/mol. The first kappa shape index (κ1) is 23.1. The number of rotatable bonds is 12. The van der Waals surface area contributed by atoms with Crippen molar-refractivity contribution in [3.63, 3.8) is 0 Å². The van der Waals surface area contributed by atoms with E-state index in [2.05, 4.69) is 33.8 Å². The first-order chi connectivity index (χ1) is 14.5. The Kier molecular flexibility index (Phi) is 9.51. The average Bonchev–Trinajstić information content (AvgIpc) is 2.76. The molecule has 0 aliphatic heterocycles. The fourth-order valence-electron chi connectivity index (χ4n) is 2.73. The van der Waals surface area contributed by atoms with Gasteiger partial charge in [0.1, 0.15) is 17.5 Å². The van der Waals surface area contributed by atoms with Crippen LogP contribution in [0.25, 0.3) is 10.4 Å². The summed E-state index contributed by atoms with van der Waals surface area (Å²) in [4.78, 5) is 16.5. The molecule has 0 radical (unpaired) electrons. The molecule has 2 aromatic rings. The molecule has 0 aliphatic carbocycles. The number of esters is 1. The van der Waals surface area contributed by atoms with Crippen molar-refractivity contribution in [3.05, 3.63) is 70.1 Å². The zero-order valence-electron chi connectivity index (χ0n) is 17.7. The van der Waals surface area contributed by atoms with Gasteiger partial charge < -0.3 is 19.1 Å². The number of ether oxygens (including phenoxy) is 3. The molecule has 30 heavy (non-hydrogen) atoms. The van der Waals surface area contributed by atoms with Gasteiger partial charge in [-0.2, -0.15) is 0 Å². The van der Waals surface area contributed by atoms with Crippen molar-refractivity contribution in [2.24, 2.45) is 5.11 Å². The summed E-state index contributed by atoms with van der Waals surface area (Å²) >= 11 is 0. The molecule has 0 spiro atoms. The van der Waals surface area contributed by atoms with Crippen LogP contribution in [0.3, 0.4) is 0 Å². The zero-order valence-corrected chi connectivity index (χ0v) is 17.7. The van der Waals surface area contributed by atoms with Gasteiger partial charge >= 0.3 is 5.97 Å². The van der Waals surface area contributed by atoms with Crippen LogP contribution >= 0.6 is 0 Å². The zero-order chi connectivity index (χ0) is 21.8. The van der Waals surface area contributed by atoms with Crippen molar-refractivity contribution in [2.45, 2.75) is 18.9 Å². The van der Waals surface area contributed by atoms with Crippen LogP contribution in [0.5, 0.6) is 11.5 Å². The first-order valence-corrected chi connectivity index (χ1v) is 9.73. The minimum absolute atomic E-state index is 0.157. The molecule has 0 fully saturated rings. The lowest BCUT2D eigenvalue weighted by atomic mass is 10.1. The molecule has 0 heterocycles. The summed E-state index contributed by atoms with van der Waals surface area (Å²) in [7, 11) is 5.46. The molecule has 160 valence electrons. The topological polar surface area (TPSA) is 96.8 Å².